The lowest BCUT2D eigenvalue weighted by Crippen LogP contribution is -2.39. The molecule has 1 saturated heterocycles. The summed E-state index contributed by atoms with van der Waals surface area (Å²) in [4.78, 5) is 25.3. The largest absolute Gasteiger partial charge is 0.481 e. The van der Waals surface area contributed by atoms with Gasteiger partial charge in [-0.05, 0) is 51.9 Å². The Balaban J connectivity index is 1.87. The van der Waals surface area contributed by atoms with E-state index in [1.807, 2.05) is 11.8 Å². The van der Waals surface area contributed by atoms with Crippen LogP contribution in [0.25, 0.3) is 0 Å². The van der Waals surface area contributed by atoms with Gasteiger partial charge in [0.15, 0.2) is 0 Å². The minimum atomic E-state index is -0.735. The van der Waals surface area contributed by atoms with E-state index in [2.05, 4.69) is 0 Å². The van der Waals surface area contributed by atoms with Crippen LogP contribution in [0.5, 0.6) is 0 Å². The van der Waals surface area contributed by atoms with Gasteiger partial charge in [0.05, 0.1) is 11.5 Å². The zero-order valence-electron chi connectivity index (χ0n) is 12.2. The van der Waals surface area contributed by atoms with Crippen molar-refractivity contribution in [3.05, 3.63) is 0 Å². The van der Waals surface area contributed by atoms with E-state index in [9.17, 15) is 14.7 Å². The van der Waals surface area contributed by atoms with Crippen LogP contribution in [0.3, 0.4) is 0 Å². The second kappa shape index (κ2) is 6.12. The van der Waals surface area contributed by atoms with Crippen molar-refractivity contribution in [1.82, 2.24) is 4.90 Å². The Morgan fingerprint density at radius 3 is 2.25 bits per heavy atom. The number of carboxylic acids is 1. The molecular weight excluding hydrogens is 258 g/mol. The molecule has 5 nitrogen and oxygen atoms in total. The molecule has 1 amide bonds. The van der Waals surface area contributed by atoms with Crippen molar-refractivity contribution < 1.29 is 19.8 Å². The fourth-order valence-corrected chi connectivity index (χ4v) is 3.33. The zero-order valence-corrected chi connectivity index (χ0v) is 12.2. The molecule has 0 aromatic rings. The van der Waals surface area contributed by atoms with Gasteiger partial charge < -0.3 is 15.1 Å². The maximum Gasteiger partial charge on any atom is 0.306 e. The summed E-state index contributed by atoms with van der Waals surface area (Å²) in [6.45, 7) is 3.16. The number of hydrogen-bond donors (Lipinski definition) is 2. The molecule has 2 rings (SSSR count). The highest BCUT2D eigenvalue weighted by Gasteiger charge is 2.34. The van der Waals surface area contributed by atoms with E-state index in [1.165, 1.54) is 0 Å². The molecular formula is C15H25NO4. The Kier molecular flexibility index (Phi) is 4.68. The number of carbonyl (C=O) groups is 2. The van der Waals surface area contributed by atoms with Gasteiger partial charge in [-0.25, -0.2) is 0 Å². The van der Waals surface area contributed by atoms with E-state index in [1.54, 1.807) is 0 Å². The van der Waals surface area contributed by atoms with E-state index in [-0.39, 0.29) is 17.7 Å². The minimum Gasteiger partial charge on any atom is -0.481 e. The Bertz CT molecular complexity index is 372. The lowest BCUT2D eigenvalue weighted by molar-refractivity contribution is -0.145. The van der Waals surface area contributed by atoms with Crippen LogP contribution in [0.1, 0.15) is 51.9 Å². The number of carboxylic acid groups (broad SMARTS) is 1. The van der Waals surface area contributed by atoms with Gasteiger partial charge in [0.1, 0.15) is 0 Å². The topological polar surface area (TPSA) is 77.8 Å². The van der Waals surface area contributed by atoms with Gasteiger partial charge in [0, 0.05) is 19.0 Å². The monoisotopic (exact) mass is 283 g/mol. The molecule has 2 N–H and O–H groups in total. The first-order chi connectivity index (χ1) is 9.39. The predicted octanol–water partition coefficient (Wildman–Crippen LogP) is 1.64. The number of aliphatic hydroxyl groups is 1. The summed E-state index contributed by atoms with van der Waals surface area (Å²) < 4.78 is 0. The van der Waals surface area contributed by atoms with Gasteiger partial charge in [-0.3, -0.25) is 9.59 Å². The molecule has 1 atom stereocenters. The van der Waals surface area contributed by atoms with Crippen molar-refractivity contribution in [3.63, 3.8) is 0 Å². The SMILES string of the molecule is CC1(O)CCCN(C(=O)C2CCC(C(=O)O)CC2)CC1. The average molecular weight is 283 g/mol. The molecule has 1 unspecified atom stereocenters. The number of nitrogens with zero attached hydrogens (tertiary/aromatic N) is 1. The molecule has 1 aliphatic carbocycles. The van der Waals surface area contributed by atoms with Crippen molar-refractivity contribution >= 4 is 11.9 Å². The molecule has 5 heteroatoms. The van der Waals surface area contributed by atoms with Crippen molar-refractivity contribution in [2.24, 2.45) is 11.8 Å². The molecule has 1 saturated carbocycles. The highest BCUT2D eigenvalue weighted by molar-refractivity contribution is 5.79. The molecule has 1 aliphatic heterocycles. The van der Waals surface area contributed by atoms with Crippen molar-refractivity contribution in [3.8, 4) is 0 Å². The third-order valence-corrected chi connectivity index (χ3v) is 4.80. The van der Waals surface area contributed by atoms with Gasteiger partial charge in [-0.1, -0.05) is 0 Å². The Morgan fingerprint density at radius 2 is 1.65 bits per heavy atom. The smallest absolute Gasteiger partial charge is 0.306 e. The number of amides is 1. The van der Waals surface area contributed by atoms with E-state index >= 15 is 0 Å². The molecule has 0 aromatic carbocycles. The molecule has 0 radical (unpaired) electrons. The third kappa shape index (κ3) is 3.72. The van der Waals surface area contributed by atoms with Crippen LogP contribution in [0.2, 0.25) is 0 Å². The van der Waals surface area contributed by atoms with Crippen LogP contribution in [0.4, 0.5) is 0 Å². The fraction of sp³-hybridized carbons (Fsp3) is 0.867. The summed E-state index contributed by atoms with van der Waals surface area (Å²) in [6.07, 6.45) is 4.79. The van der Waals surface area contributed by atoms with Crippen LogP contribution < -0.4 is 0 Å². The molecule has 114 valence electrons. The van der Waals surface area contributed by atoms with Crippen molar-refractivity contribution in [2.45, 2.75) is 57.5 Å². The van der Waals surface area contributed by atoms with Crippen LogP contribution in [0.15, 0.2) is 0 Å². The maximum atomic E-state index is 12.5. The molecule has 2 fully saturated rings. The summed E-state index contributed by atoms with van der Waals surface area (Å²) in [6, 6.07) is 0. The second-order valence-electron chi connectivity index (χ2n) is 6.56. The van der Waals surface area contributed by atoms with E-state index in [4.69, 9.17) is 5.11 Å². The summed E-state index contributed by atoms with van der Waals surface area (Å²) in [5, 5.41) is 19.0. The van der Waals surface area contributed by atoms with Crippen LogP contribution in [-0.2, 0) is 9.59 Å². The highest BCUT2D eigenvalue weighted by atomic mass is 16.4. The lowest BCUT2D eigenvalue weighted by Gasteiger charge is -2.30. The van der Waals surface area contributed by atoms with Gasteiger partial charge in [0.2, 0.25) is 5.91 Å². The van der Waals surface area contributed by atoms with Gasteiger partial charge >= 0.3 is 5.97 Å². The van der Waals surface area contributed by atoms with Gasteiger partial charge in [0.25, 0.3) is 0 Å². The molecule has 0 bridgehead atoms. The Hall–Kier alpha value is -1.10. The van der Waals surface area contributed by atoms with Crippen molar-refractivity contribution in [1.29, 1.82) is 0 Å². The van der Waals surface area contributed by atoms with E-state index in [0.717, 1.165) is 12.8 Å². The van der Waals surface area contributed by atoms with Gasteiger partial charge in [-0.15, -0.1) is 0 Å². The molecule has 0 spiro atoms. The molecule has 0 aromatic heterocycles. The number of hydrogen-bond acceptors (Lipinski definition) is 3. The number of carbonyl (C=O) groups excluding carboxylic acids is 1. The number of aliphatic carboxylic acids is 1. The molecule has 2 aliphatic rings. The summed E-state index contributed by atoms with van der Waals surface area (Å²) in [7, 11) is 0. The van der Waals surface area contributed by atoms with Crippen LogP contribution >= 0.6 is 0 Å². The maximum absolute atomic E-state index is 12.5. The van der Waals surface area contributed by atoms with Crippen molar-refractivity contribution in [2.75, 3.05) is 13.1 Å². The summed E-state index contributed by atoms with van der Waals surface area (Å²) in [5.41, 5.74) is -0.657. The average Bonchev–Trinajstić information content (AvgIpc) is 2.59. The number of rotatable bonds is 2. The highest BCUT2D eigenvalue weighted by Crippen LogP contribution is 2.31. The first kappa shape index (κ1) is 15.3. The van der Waals surface area contributed by atoms with Gasteiger partial charge in [-0.2, -0.15) is 0 Å². The fourth-order valence-electron chi connectivity index (χ4n) is 3.33. The van der Waals surface area contributed by atoms with Crippen LogP contribution in [0, 0.1) is 11.8 Å². The quantitative estimate of drug-likeness (QED) is 0.807. The predicted molar refractivity (Wildman–Crippen MR) is 74.1 cm³/mol. The summed E-state index contributed by atoms with van der Waals surface area (Å²) in [5.74, 6) is -0.870. The Labute approximate surface area is 120 Å². The first-order valence-corrected chi connectivity index (χ1v) is 7.63. The standard InChI is InChI=1S/C15H25NO4/c1-15(20)7-2-9-16(10-8-15)13(17)11-3-5-12(6-4-11)14(18)19/h11-12,20H,2-10H2,1H3,(H,18,19). The number of likely N-dealkylation sites (tertiary alicyclic amines) is 1. The molecule has 20 heavy (non-hydrogen) atoms. The van der Waals surface area contributed by atoms with E-state index < -0.39 is 11.6 Å². The molecule has 1 heterocycles. The Morgan fingerprint density at radius 1 is 1.05 bits per heavy atom. The van der Waals surface area contributed by atoms with Crippen LogP contribution in [-0.4, -0.2) is 45.7 Å². The third-order valence-electron chi connectivity index (χ3n) is 4.80. The normalized spacial score (nSPS) is 35.4. The lowest BCUT2D eigenvalue weighted by atomic mass is 9.81. The first-order valence-electron chi connectivity index (χ1n) is 7.63. The minimum absolute atomic E-state index is 0.0198. The second-order valence-corrected chi connectivity index (χ2v) is 6.56. The zero-order chi connectivity index (χ0) is 14.8. The summed E-state index contributed by atoms with van der Waals surface area (Å²) >= 11 is 0. The van der Waals surface area contributed by atoms with E-state index in [0.29, 0.717) is 45.2 Å².